The first-order chi connectivity index (χ1) is 6.49. The predicted molar refractivity (Wildman–Crippen MR) is 60.1 cm³/mol. The third-order valence-electron chi connectivity index (χ3n) is 2.12. The van der Waals surface area contributed by atoms with Crippen LogP contribution in [0.4, 0.5) is 0 Å². The van der Waals surface area contributed by atoms with Crippen LogP contribution in [0.15, 0.2) is 18.5 Å². The molecule has 0 amide bonds. The Morgan fingerprint density at radius 3 is 2.64 bits per heavy atom. The van der Waals surface area contributed by atoms with Crippen molar-refractivity contribution in [2.45, 2.75) is 34.2 Å². The number of nitrogens with zero attached hydrogens (tertiary/aromatic N) is 1. The molecule has 0 bridgehead atoms. The molecule has 1 N–H and O–H groups in total. The number of aryl methyl sites for hydroxylation is 1. The summed E-state index contributed by atoms with van der Waals surface area (Å²) in [5, 5.41) is 3.44. The summed E-state index contributed by atoms with van der Waals surface area (Å²) in [6, 6.07) is 2.05. The zero-order valence-corrected chi connectivity index (χ0v) is 9.59. The monoisotopic (exact) mass is 192 g/mol. The summed E-state index contributed by atoms with van der Waals surface area (Å²) in [6.45, 7) is 10.8. The van der Waals surface area contributed by atoms with Gasteiger partial charge in [0, 0.05) is 25.5 Å². The highest BCUT2D eigenvalue weighted by Gasteiger charge is 2.08. The Balaban J connectivity index is 2.43. The number of rotatable bonds is 3. The van der Waals surface area contributed by atoms with Crippen molar-refractivity contribution in [1.29, 1.82) is 0 Å². The summed E-state index contributed by atoms with van der Waals surface area (Å²) in [5.41, 5.74) is 2.94. The highest BCUT2D eigenvalue weighted by Crippen LogP contribution is 2.11. The Kier molecular flexibility index (Phi) is 3.64. The molecule has 1 heterocycles. The number of hydrogen-bond donors (Lipinski definition) is 1. The molecular weight excluding hydrogens is 172 g/mol. The van der Waals surface area contributed by atoms with E-state index in [1.54, 1.807) is 0 Å². The van der Waals surface area contributed by atoms with Crippen molar-refractivity contribution in [1.82, 2.24) is 10.3 Å². The standard InChI is InChI=1S/C12H20N2/c1-10-5-6-13-7-11(10)8-14-9-12(2,3)4/h5-7,14H,8-9H2,1-4H3. The van der Waals surface area contributed by atoms with Gasteiger partial charge in [0.1, 0.15) is 0 Å². The Morgan fingerprint density at radius 2 is 2.07 bits per heavy atom. The SMILES string of the molecule is Cc1ccncc1CNCC(C)(C)C. The Morgan fingerprint density at radius 1 is 1.36 bits per heavy atom. The quantitative estimate of drug-likeness (QED) is 0.796. The molecule has 1 rings (SSSR count). The summed E-state index contributed by atoms with van der Waals surface area (Å²) in [5.74, 6) is 0. The smallest absolute Gasteiger partial charge is 0.0315 e. The van der Waals surface area contributed by atoms with Crippen LogP contribution < -0.4 is 5.32 Å². The van der Waals surface area contributed by atoms with Gasteiger partial charge in [0.15, 0.2) is 0 Å². The molecule has 0 saturated heterocycles. The normalized spacial score (nSPS) is 11.7. The lowest BCUT2D eigenvalue weighted by Gasteiger charge is -2.19. The summed E-state index contributed by atoms with van der Waals surface area (Å²) >= 11 is 0. The van der Waals surface area contributed by atoms with Gasteiger partial charge in [0.2, 0.25) is 0 Å². The molecule has 0 radical (unpaired) electrons. The highest BCUT2D eigenvalue weighted by molar-refractivity contribution is 5.20. The van der Waals surface area contributed by atoms with Crippen LogP contribution in [0.1, 0.15) is 31.9 Å². The van der Waals surface area contributed by atoms with Gasteiger partial charge in [-0.2, -0.15) is 0 Å². The second kappa shape index (κ2) is 4.56. The number of pyridine rings is 1. The fraction of sp³-hybridized carbons (Fsp3) is 0.583. The van der Waals surface area contributed by atoms with Crippen molar-refractivity contribution in [2.75, 3.05) is 6.54 Å². The van der Waals surface area contributed by atoms with Crippen molar-refractivity contribution in [3.05, 3.63) is 29.6 Å². The van der Waals surface area contributed by atoms with E-state index < -0.39 is 0 Å². The molecule has 2 nitrogen and oxygen atoms in total. The molecule has 2 heteroatoms. The van der Waals surface area contributed by atoms with Crippen LogP contribution in [-0.2, 0) is 6.54 Å². The lowest BCUT2D eigenvalue weighted by atomic mass is 9.97. The van der Waals surface area contributed by atoms with Crippen molar-refractivity contribution < 1.29 is 0 Å². The second-order valence-corrected chi connectivity index (χ2v) is 4.97. The lowest BCUT2D eigenvalue weighted by Crippen LogP contribution is -2.26. The first-order valence-corrected chi connectivity index (χ1v) is 5.09. The fourth-order valence-corrected chi connectivity index (χ4v) is 1.25. The minimum Gasteiger partial charge on any atom is -0.312 e. The van der Waals surface area contributed by atoms with Crippen LogP contribution in [0, 0.1) is 12.3 Å². The molecular formula is C12H20N2. The maximum Gasteiger partial charge on any atom is 0.0315 e. The van der Waals surface area contributed by atoms with E-state index in [1.807, 2.05) is 18.5 Å². The van der Waals surface area contributed by atoms with Crippen LogP contribution in [0.5, 0.6) is 0 Å². The summed E-state index contributed by atoms with van der Waals surface area (Å²) in [4.78, 5) is 4.12. The zero-order chi connectivity index (χ0) is 10.6. The van der Waals surface area contributed by atoms with Crippen LogP contribution in [0.2, 0.25) is 0 Å². The summed E-state index contributed by atoms with van der Waals surface area (Å²) < 4.78 is 0. The molecule has 1 aromatic rings. The van der Waals surface area contributed by atoms with Gasteiger partial charge in [-0.3, -0.25) is 4.98 Å². The molecule has 0 saturated carbocycles. The minimum atomic E-state index is 0.343. The molecule has 0 fully saturated rings. The van der Waals surface area contributed by atoms with Crippen LogP contribution >= 0.6 is 0 Å². The van der Waals surface area contributed by atoms with E-state index in [4.69, 9.17) is 0 Å². The lowest BCUT2D eigenvalue weighted by molar-refractivity contribution is 0.379. The van der Waals surface area contributed by atoms with Crippen LogP contribution in [-0.4, -0.2) is 11.5 Å². The summed E-state index contributed by atoms with van der Waals surface area (Å²) in [7, 11) is 0. The maximum absolute atomic E-state index is 4.12. The zero-order valence-electron chi connectivity index (χ0n) is 9.59. The molecule has 0 aromatic carbocycles. The third kappa shape index (κ3) is 3.88. The minimum absolute atomic E-state index is 0.343. The van der Waals surface area contributed by atoms with Gasteiger partial charge >= 0.3 is 0 Å². The topological polar surface area (TPSA) is 24.9 Å². The molecule has 0 atom stereocenters. The van der Waals surface area contributed by atoms with Crippen molar-refractivity contribution >= 4 is 0 Å². The van der Waals surface area contributed by atoms with Gasteiger partial charge in [-0.25, -0.2) is 0 Å². The maximum atomic E-state index is 4.12. The van der Waals surface area contributed by atoms with Gasteiger partial charge in [-0.15, -0.1) is 0 Å². The average Bonchev–Trinajstić information content (AvgIpc) is 2.06. The molecule has 0 aliphatic carbocycles. The first kappa shape index (κ1) is 11.2. The number of aromatic nitrogens is 1. The van der Waals surface area contributed by atoms with Crippen molar-refractivity contribution in [3.8, 4) is 0 Å². The van der Waals surface area contributed by atoms with Crippen molar-refractivity contribution in [2.24, 2.45) is 5.41 Å². The molecule has 0 spiro atoms. The molecule has 1 aromatic heterocycles. The van der Waals surface area contributed by atoms with Gasteiger partial charge in [-0.1, -0.05) is 20.8 Å². The number of nitrogens with one attached hydrogen (secondary N) is 1. The van der Waals surface area contributed by atoms with Crippen LogP contribution in [0.3, 0.4) is 0 Å². The highest BCUT2D eigenvalue weighted by atomic mass is 14.9. The van der Waals surface area contributed by atoms with Crippen LogP contribution in [0.25, 0.3) is 0 Å². The van der Waals surface area contributed by atoms with E-state index in [0.29, 0.717) is 5.41 Å². The largest absolute Gasteiger partial charge is 0.312 e. The summed E-state index contributed by atoms with van der Waals surface area (Å²) in [6.07, 6.45) is 3.77. The van der Waals surface area contributed by atoms with Gasteiger partial charge < -0.3 is 5.32 Å². The third-order valence-corrected chi connectivity index (χ3v) is 2.12. The average molecular weight is 192 g/mol. The first-order valence-electron chi connectivity index (χ1n) is 5.09. The van der Waals surface area contributed by atoms with E-state index in [0.717, 1.165) is 13.1 Å². The van der Waals surface area contributed by atoms with Crippen molar-refractivity contribution in [3.63, 3.8) is 0 Å². The Hall–Kier alpha value is -0.890. The molecule has 0 unspecified atom stereocenters. The predicted octanol–water partition coefficient (Wildman–Crippen LogP) is 2.53. The second-order valence-electron chi connectivity index (χ2n) is 4.97. The number of hydrogen-bond acceptors (Lipinski definition) is 2. The van der Waals surface area contributed by atoms with E-state index in [9.17, 15) is 0 Å². The van der Waals surface area contributed by atoms with Gasteiger partial charge in [-0.05, 0) is 29.5 Å². The van der Waals surface area contributed by atoms with E-state index in [2.05, 4.69) is 38.0 Å². The molecule has 78 valence electrons. The Bertz CT molecular complexity index is 287. The molecule has 0 aliphatic rings. The van der Waals surface area contributed by atoms with Gasteiger partial charge in [0.25, 0.3) is 0 Å². The van der Waals surface area contributed by atoms with E-state index in [-0.39, 0.29) is 0 Å². The molecule has 14 heavy (non-hydrogen) atoms. The van der Waals surface area contributed by atoms with E-state index in [1.165, 1.54) is 11.1 Å². The Labute approximate surface area is 86.8 Å². The molecule has 0 aliphatic heterocycles. The van der Waals surface area contributed by atoms with E-state index >= 15 is 0 Å². The van der Waals surface area contributed by atoms with Gasteiger partial charge in [0.05, 0.1) is 0 Å². The fourth-order valence-electron chi connectivity index (χ4n) is 1.25.